The number of ketones is 1. The second-order valence-corrected chi connectivity index (χ2v) is 12.0. The third-order valence-electron chi connectivity index (χ3n) is 10.2. The number of aliphatic hydroxyl groups excluding tert-OH is 2. The minimum absolute atomic E-state index is 0.0343. The number of oxime groups is 1. The van der Waals surface area contributed by atoms with E-state index in [0.717, 1.165) is 37.1 Å². The molecule has 0 bridgehead atoms. The Morgan fingerprint density at radius 3 is 2.76 bits per heavy atom. The zero-order valence-electron chi connectivity index (χ0n) is 22.2. The lowest BCUT2D eigenvalue weighted by molar-refractivity contribution is -0.181. The Hall–Kier alpha value is -2.62. The van der Waals surface area contributed by atoms with Crippen LogP contribution in [0, 0.1) is 28.6 Å². The van der Waals surface area contributed by atoms with Crippen molar-refractivity contribution in [2.75, 3.05) is 13.2 Å². The molecule has 1 amide bonds. The summed E-state index contributed by atoms with van der Waals surface area (Å²) >= 11 is 0. The molecule has 0 radical (unpaired) electrons. The summed E-state index contributed by atoms with van der Waals surface area (Å²) in [5.74, 6) is -0.438. The van der Waals surface area contributed by atoms with E-state index < -0.39 is 29.5 Å². The third-order valence-corrected chi connectivity index (χ3v) is 10.2. The van der Waals surface area contributed by atoms with Gasteiger partial charge in [0, 0.05) is 11.6 Å². The van der Waals surface area contributed by atoms with Crippen LogP contribution >= 0.6 is 0 Å². The van der Waals surface area contributed by atoms with Crippen molar-refractivity contribution >= 4 is 17.4 Å². The number of Topliss-reactive ketones (excluding diaryl/α,β-unsaturated/α-hetero) is 1. The maximum Gasteiger partial charge on any atom is 0.261 e. The lowest BCUT2D eigenvalue weighted by Crippen LogP contribution is -2.62. The van der Waals surface area contributed by atoms with Gasteiger partial charge in [-0.1, -0.05) is 30.6 Å². The summed E-state index contributed by atoms with van der Waals surface area (Å²) in [6, 6.07) is 5.53. The van der Waals surface area contributed by atoms with Gasteiger partial charge in [-0.3, -0.25) is 14.6 Å². The van der Waals surface area contributed by atoms with Gasteiger partial charge in [0.1, 0.15) is 12.2 Å². The number of carbonyl (C=O) groups is 2. The Morgan fingerprint density at radius 2 is 2.03 bits per heavy atom. The summed E-state index contributed by atoms with van der Waals surface area (Å²) in [7, 11) is 0. The number of fused-ring (bicyclic) bond motifs is 5. The molecule has 0 saturated heterocycles. The van der Waals surface area contributed by atoms with Gasteiger partial charge >= 0.3 is 0 Å². The SMILES string of the molecule is CC12CCC(=NOCC(=O)NCc3ccccn3)C=C1CCC1C2C(O)CC2(C)C1CCC2(O)C(=O)CO. The van der Waals surface area contributed by atoms with E-state index in [0.29, 0.717) is 25.8 Å². The quantitative estimate of drug-likeness (QED) is 0.400. The second kappa shape index (κ2) is 10.2. The van der Waals surface area contributed by atoms with Crippen LogP contribution in [-0.2, 0) is 21.0 Å². The van der Waals surface area contributed by atoms with Gasteiger partial charge in [-0.05, 0) is 86.3 Å². The number of allylic oxidation sites excluding steroid dienone is 2. The van der Waals surface area contributed by atoms with E-state index in [9.17, 15) is 24.9 Å². The molecule has 5 rings (SSSR count). The van der Waals surface area contributed by atoms with Crippen molar-refractivity contribution in [1.29, 1.82) is 0 Å². The van der Waals surface area contributed by atoms with Crippen molar-refractivity contribution in [3.8, 4) is 0 Å². The zero-order valence-corrected chi connectivity index (χ0v) is 22.2. The lowest BCUT2D eigenvalue weighted by atomic mass is 9.45. The molecule has 38 heavy (non-hydrogen) atoms. The molecule has 1 aromatic heterocycles. The van der Waals surface area contributed by atoms with Crippen LogP contribution in [0.5, 0.6) is 0 Å². The molecule has 4 N–H and O–H groups in total. The highest BCUT2D eigenvalue weighted by Gasteiger charge is 2.68. The largest absolute Gasteiger partial charge is 0.393 e. The molecule has 0 spiro atoms. The molecular weight excluding hydrogens is 486 g/mol. The highest BCUT2D eigenvalue weighted by atomic mass is 16.6. The average molecular weight is 526 g/mol. The molecule has 1 heterocycles. The molecule has 4 aliphatic carbocycles. The summed E-state index contributed by atoms with van der Waals surface area (Å²) in [6.07, 6.45) is 7.74. The first-order chi connectivity index (χ1) is 18.1. The number of nitrogens with one attached hydrogen (secondary N) is 1. The van der Waals surface area contributed by atoms with Gasteiger partial charge < -0.3 is 25.5 Å². The molecule has 3 saturated carbocycles. The number of hydrogen-bond acceptors (Lipinski definition) is 8. The Labute approximate surface area is 223 Å². The number of aliphatic hydroxyl groups is 3. The second-order valence-electron chi connectivity index (χ2n) is 12.0. The first-order valence-electron chi connectivity index (χ1n) is 13.7. The van der Waals surface area contributed by atoms with Crippen molar-refractivity contribution < 1.29 is 29.7 Å². The first kappa shape index (κ1) is 27.0. The molecule has 3 fully saturated rings. The van der Waals surface area contributed by atoms with Crippen molar-refractivity contribution in [3.05, 3.63) is 41.7 Å². The molecule has 7 atom stereocenters. The predicted octanol–water partition coefficient (Wildman–Crippen LogP) is 2.30. The van der Waals surface area contributed by atoms with E-state index in [1.807, 2.05) is 25.1 Å². The number of pyridine rings is 1. The van der Waals surface area contributed by atoms with Gasteiger partial charge in [-0.15, -0.1) is 0 Å². The fraction of sp³-hybridized carbons (Fsp3) is 0.655. The van der Waals surface area contributed by atoms with Crippen molar-refractivity contribution in [3.63, 3.8) is 0 Å². The molecule has 206 valence electrons. The molecule has 4 aliphatic rings. The predicted molar refractivity (Wildman–Crippen MR) is 140 cm³/mol. The molecule has 0 aromatic carbocycles. The fourth-order valence-electron chi connectivity index (χ4n) is 8.28. The van der Waals surface area contributed by atoms with E-state index >= 15 is 0 Å². The smallest absolute Gasteiger partial charge is 0.261 e. The van der Waals surface area contributed by atoms with Gasteiger partial charge in [-0.25, -0.2) is 0 Å². The Kier molecular flexibility index (Phi) is 7.22. The van der Waals surface area contributed by atoms with Crippen LogP contribution in [0.4, 0.5) is 0 Å². The van der Waals surface area contributed by atoms with Crippen LogP contribution in [0.3, 0.4) is 0 Å². The summed E-state index contributed by atoms with van der Waals surface area (Å²) < 4.78 is 0. The Bertz CT molecular complexity index is 1140. The Morgan fingerprint density at radius 1 is 1.21 bits per heavy atom. The number of carbonyl (C=O) groups excluding carboxylic acids is 2. The van der Waals surface area contributed by atoms with Gasteiger partial charge in [-0.2, -0.15) is 0 Å². The van der Waals surface area contributed by atoms with E-state index in [-0.39, 0.29) is 35.7 Å². The van der Waals surface area contributed by atoms with Crippen LogP contribution in [0.1, 0.15) is 64.5 Å². The zero-order chi connectivity index (χ0) is 27.1. The Balaban J connectivity index is 1.25. The molecule has 7 unspecified atom stereocenters. The van der Waals surface area contributed by atoms with Gasteiger partial charge in [0.15, 0.2) is 12.4 Å². The number of nitrogens with zero attached hydrogens (tertiary/aromatic N) is 2. The number of hydrogen-bond donors (Lipinski definition) is 4. The monoisotopic (exact) mass is 525 g/mol. The number of aromatic nitrogens is 1. The molecule has 0 aliphatic heterocycles. The van der Waals surface area contributed by atoms with E-state index in [4.69, 9.17) is 4.84 Å². The van der Waals surface area contributed by atoms with Gasteiger partial charge in [0.05, 0.1) is 24.1 Å². The van der Waals surface area contributed by atoms with E-state index in [1.165, 1.54) is 5.57 Å². The average Bonchev–Trinajstić information content (AvgIpc) is 3.18. The van der Waals surface area contributed by atoms with Crippen molar-refractivity contribution in [2.24, 2.45) is 33.7 Å². The van der Waals surface area contributed by atoms with Gasteiger partial charge in [0.25, 0.3) is 5.91 Å². The van der Waals surface area contributed by atoms with Crippen molar-refractivity contribution in [1.82, 2.24) is 10.3 Å². The minimum atomic E-state index is -1.58. The van der Waals surface area contributed by atoms with Crippen LogP contribution in [-0.4, -0.2) is 62.6 Å². The summed E-state index contributed by atoms with van der Waals surface area (Å²) in [4.78, 5) is 34.3. The minimum Gasteiger partial charge on any atom is -0.393 e. The summed E-state index contributed by atoms with van der Waals surface area (Å²) in [6.45, 7) is 3.64. The molecule has 1 aromatic rings. The van der Waals surface area contributed by atoms with Crippen LogP contribution in [0.2, 0.25) is 0 Å². The number of rotatable bonds is 7. The highest BCUT2D eigenvalue weighted by Crippen LogP contribution is 2.67. The van der Waals surface area contributed by atoms with Crippen LogP contribution < -0.4 is 5.32 Å². The first-order valence-corrected chi connectivity index (χ1v) is 13.7. The fourth-order valence-corrected chi connectivity index (χ4v) is 8.28. The highest BCUT2D eigenvalue weighted by molar-refractivity contribution is 5.96. The molecule has 9 nitrogen and oxygen atoms in total. The van der Waals surface area contributed by atoms with Crippen LogP contribution in [0.25, 0.3) is 0 Å². The van der Waals surface area contributed by atoms with Crippen molar-refractivity contribution in [2.45, 2.75) is 77.0 Å². The normalized spacial score (nSPS) is 39.0. The summed E-state index contributed by atoms with van der Waals surface area (Å²) in [5, 5.41) is 39.4. The van der Waals surface area contributed by atoms with Gasteiger partial charge in [0.2, 0.25) is 0 Å². The number of amides is 1. The lowest BCUT2D eigenvalue weighted by Gasteiger charge is -2.60. The maximum atomic E-state index is 12.6. The van der Waals surface area contributed by atoms with E-state index in [1.54, 1.807) is 6.20 Å². The van der Waals surface area contributed by atoms with Crippen LogP contribution in [0.15, 0.2) is 41.2 Å². The standard InChI is InChI=1S/C29H39N3O6/c1-27-10-8-19(32-38-17-25(36)31-15-20-5-3-4-12-30-20)13-18(27)6-7-21-22-9-11-29(37,24(35)16-33)28(22,2)14-23(34)26(21)27/h3-5,12-13,21-23,26,33-34,37H,6-11,14-17H2,1-2H3,(H,31,36). The molecular formula is C29H39N3O6. The summed E-state index contributed by atoms with van der Waals surface area (Å²) in [5.41, 5.74) is 0.290. The third kappa shape index (κ3) is 4.38. The maximum absolute atomic E-state index is 12.6. The van der Waals surface area contributed by atoms with E-state index in [2.05, 4.69) is 28.5 Å². The molecule has 9 heteroatoms. The topological polar surface area (TPSA) is 141 Å².